The van der Waals surface area contributed by atoms with E-state index in [9.17, 15) is 4.79 Å². The smallest absolute Gasteiger partial charge is 0.317 e. The molecule has 1 aromatic rings. The molecule has 16 heavy (non-hydrogen) atoms. The van der Waals surface area contributed by atoms with Crippen molar-refractivity contribution in [1.82, 2.24) is 4.90 Å². The van der Waals surface area contributed by atoms with E-state index in [1.54, 1.807) is 17.4 Å². The third-order valence-corrected chi connectivity index (χ3v) is 3.29. The zero-order valence-corrected chi connectivity index (χ0v) is 10.5. The molecule has 1 N–H and O–H groups in total. The number of thiophene rings is 1. The van der Waals surface area contributed by atoms with E-state index in [-0.39, 0.29) is 6.54 Å². The highest BCUT2D eigenvalue weighted by Gasteiger charge is 2.11. The molecule has 4 heteroatoms. The van der Waals surface area contributed by atoms with Gasteiger partial charge in [0.1, 0.15) is 0 Å². The Hall–Kier alpha value is -1.13. The summed E-state index contributed by atoms with van der Waals surface area (Å²) in [6.45, 7) is 9.11. The molecule has 0 atom stereocenters. The fourth-order valence-corrected chi connectivity index (χ4v) is 2.58. The third kappa shape index (κ3) is 3.79. The first kappa shape index (κ1) is 12.9. The van der Waals surface area contributed by atoms with Gasteiger partial charge in [0, 0.05) is 22.8 Å². The molecule has 0 saturated heterocycles. The highest BCUT2D eigenvalue weighted by atomic mass is 32.1. The van der Waals surface area contributed by atoms with Gasteiger partial charge >= 0.3 is 5.97 Å². The Balaban J connectivity index is 2.70. The number of aliphatic carboxylic acids is 1. The number of carboxylic acids is 1. The molecule has 0 spiro atoms. The maximum absolute atomic E-state index is 10.7. The molecule has 0 bridgehead atoms. The molecular weight excluding hydrogens is 222 g/mol. The maximum atomic E-state index is 10.7. The number of carboxylic acid groups (broad SMARTS) is 1. The summed E-state index contributed by atoms with van der Waals surface area (Å²) in [7, 11) is 0. The molecule has 0 aliphatic rings. The zero-order valence-electron chi connectivity index (χ0n) is 9.69. The highest BCUT2D eigenvalue weighted by molar-refractivity contribution is 7.12. The van der Waals surface area contributed by atoms with Crippen molar-refractivity contribution in [2.24, 2.45) is 0 Å². The van der Waals surface area contributed by atoms with Crippen LogP contribution in [0.3, 0.4) is 0 Å². The van der Waals surface area contributed by atoms with Crippen LogP contribution >= 0.6 is 11.3 Å². The van der Waals surface area contributed by atoms with E-state index < -0.39 is 5.97 Å². The predicted octanol–water partition coefficient (Wildman–Crippen LogP) is 2.44. The minimum Gasteiger partial charge on any atom is -0.480 e. The minimum atomic E-state index is -0.800. The fraction of sp³-hybridized carbons (Fsp3) is 0.417. The van der Waals surface area contributed by atoms with Gasteiger partial charge in [-0.1, -0.05) is 6.08 Å². The Kier molecular flexibility index (Phi) is 4.71. The molecule has 3 nitrogen and oxygen atoms in total. The van der Waals surface area contributed by atoms with E-state index in [0.717, 1.165) is 0 Å². The molecule has 0 radical (unpaired) electrons. The Morgan fingerprint density at radius 2 is 2.31 bits per heavy atom. The highest BCUT2D eigenvalue weighted by Crippen LogP contribution is 2.21. The van der Waals surface area contributed by atoms with Gasteiger partial charge in [-0.3, -0.25) is 9.69 Å². The van der Waals surface area contributed by atoms with Crippen LogP contribution in [0.15, 0.2) is 18.7 Å². The molecule has 0 unspecified atom stereocenters. The molecule has 88 valence electrons. The summed E-state index contributed by atoms with van der Waals surface area (Å²) in [5, 5.41) is 8.79. The largest absolute Gasteiger partial charge is 0.480 e. The van der Waals surface area contributed by atoms with Crippen LogP contribution in [0.1, 0.15) is 15.3 Å². The molecule has 0 aliphatic carbocycles. The van der Waals surface area contributed by atoms with E-state index in [2.05, 4.69) is 26.5 Å². The van der Waals surface area contributed by atoms with Crippen molar-refractivity contribution in [3.05, 3.63) is 34.0 Å². The van der Waals surface area contributed by atoms with Gasteiger partial charge in [0.2, 0.25) is 0 Å². The first-order valence-electron chi connectivity index (χ1n) is 5.14. The lowest BCUT2D eigenvalue weighted by Crippen LogP contribution is -2.29. The van der Waals surface area contributed by atoms with Gasteiger partial charge in [-0.25, -0.2) is 0 Å². The lowest BCUT2D eigenvalue weighted by Gasteiger charge is -2.17. The van der Waals surface area contributed by atoms with Crippen molar-refractivity contribution < 1.29 is 9.90 Å². The summed E-state index contributed by atoms with van der Waals surface area (Å²) in [6, 6.07) is 2.12. The first-order valence-corrected chi connectivity index (χ1v) is 5.95. The second kappa shape index (κ2) is 5.82. The summed E-state index contributed by atoms with van der Waals surface area (Å²) in [5.74, 6) is -0.800. The average molecular weight is 239 g/mol. The monoisotopic (exact) mass is 239 g/mol. The maximum Gasteiger partial charge on any atom is 0.317 e. The molecule has 1 aromatic heterocycles. The number of hydrogen-bond donors (Lipinski definition) is 1. The van der Waals surface area contributed by atoms with E-state index >= 15 is 0 Å². The standard InChI is InChI=1S/C12H17NO2S/c1-4-5-13(8-12(14)15)7-11-6-9(2)16-10(11)3/h4,6H,1,5,7-8H2,2-3H3,(H,14,15). The normalized spacial score (nSPS) is 10.7. The van der Waals surface area contributed by atoms with E-state index in [4.69, 9.17) is 5.11 Å². The fourth-order valence-electron chi connectivity index (χ4n) is 1.64. The van der Waals surface area contributed by atoms with Crippen molar-refractivity contribution in [2.45, 2.75) is 20.4 Å². The molecule has 0 saturated carbocycles. The molecule has 1 rings (SSSR count). The van der Waals surface area contributed by atoms with Crippen LogP contribution in [0, 0.1) is 13.8 Å². The van der Waals surface area contributed by atoms with Gasteiger partial charge in [0.05, 0.1) is 6.54 Å². The minimum absolute atomic E-state index is 0.0559. The first-order chi connectivity index (χ1) is 7.52. The third-order valence-electron chi connectivity index (χ3n) is 2.28. The Bertz CT molecular complexity index is 384. The van der Waals surface area contributed by atoms with Crippen LogP contribution in [0.4, 0.5) is 0 Å². The van der Waals surface area contributed by atoms with Gasteiger partial charge in [0.15, 0.2) is 0 Å². The van der Waals surface area contributed by atoms with Gasteiger partial charge in [-0.05, 0) is 25.5 Å². The second-order valence-electron chi connectivity index (χ2n) is 3.79. The predicted molar refractivity (Wildman–Crippen MR) is 66.9 cm³/mol. The average Bonchev–Trinajstić information content (AvgIpc) is 2.44. The molecule has 1 heterocycles. The summed E-state index contributed by atoms with van der Waals surface area (Å²) in [6.07, 6.45) is 1.73. The summed E-state index contributed by atoms with van der Waals surface area (Å²) in [5.41, 5.74) is 1.21. The second-order valence-corrected chi connectivity index (χ2v) is 5.25. The Morgan fingerprint density at radius 1 is 1.62 bits per heavy atom. The Labute approximate surface area is 100 Å². The molecule has 0 aromatic carbocycles. The van der Waals surface area contributed by atoms with Crippen molar-refractivity contribution >= 4 is 17.3 Å². The number of nitrogens with zero attached hydrogens (tertiary/aromatic N) is 1. The molecule has 0 fully saturated rings. The van der Waals surface area contributed by atoms with Gasteiger partial charge in [-0.2, -0.15) is 0 Å². The lowest BCUT2D eigenvalue weighted by molar-refractivity contribution is -0.138. The van der Waals surface area contributed by atoms with Crippen LogP contribution in [0.25, 0.3) is 0 Å². The SMILES string of the molecule is C=CCN(CC(=O)O)Cc1cc(C)sc1C. The molecular formula is C12H17NO2S. The van der Waals surface area contributed by atoms with Crippen molar-refractivity contribution in [2.75, 3.05) is 13.1 Å². The van der Waals surface area contributed by atoms with E-state index in [1.165, 1.54) is 15.3 Å². The van der Waals surface area contributed by atoms with Crippen molar-refractivity contribution in [1.29, 1.82) is 0 Å². The topological polar surface area (TPSA) is 40.5 Å². The molecule has 0 amide bonds. The van der Waals surface area contributed by atoms with E-state index in [1.807, 2.05) is 4.90 Å². The summed E-state index contributed by atoms with van der Waals surface area (Å²) in [4.78, 5) is 15.1. The number of hydrogen-bond acceptors (Lipinski definition) is 3. The van der Waals surface area contributed by atoms with Crippen LogP contribution in [0.5, 0.6) is 0 Å². The van der Waals surface area contributed by atoms with E-state index in [0.29, 0.717) is 13.1 Å². The van der Waals surface area contributed by atoms with Gasteiger partial charge in [0.25, 0.3) is 0 Å². The van der Waals surface area contributed by atoms with Crippen LogP contribution in [0.2, 0.25) is 0 Å². The van der Waals surface area contributed by atoms with Crippen LogP contribution in [-0.2, 0) is 11.3 Å². The van der Waals surface area contributed by atoms with Crippen LogP contribution < -0.4 is 0 Å². The number of rotatable bonds is 6. The lowest BCUT2D eigenvalue weighted by atomic mass is 10.2. The summed E-state index contributed by atoms with van der Waals surface area (Å²) >= 11 is 1.75. The van der Waals surface area contributed by atoms with Crippen molar-refractivity contribution in [3.63, 3.8) is 0 Å². The number of aryl methyl sites for hydroxylation is 2. The van der Waals surface area contributed by atoms with Crippen LogP contribution in [-0.4, -0.2) is 29.1 Å². The zero-order chi connectivity index (χ0) is 12.1. The number of carbonyl (C=O) groups is 1. The summed E-state index contributed by atoms with van der Waals surface area (Å²) < 4.78 is 0. The van der Waals surface area contributed by atoms with Gasteiger partial charge in [-0.15, -0.1) is 17.9 Å². The molecule has 0 aliphatic heterocycles. The Morgan fingerprint density at radius 3 is 2.75 bits per heavy atom. The van der Waals surface area contributed by atoms with Crippen molar-refractivity contribution in [3.8, 4) is 0 Å². The van der Waals surface area contributed by atoms with Gasteiger partial charge < -0.3 is 5.11 Å². The quantitative estimate of drug-likeness (QED) is 0.775.